The number of rotatable bonds is 17. The van der Waals surface area contributed by atoms with E-state index in [-0.39, 0.29) is 37.9 Å². The Balaban J connectivity index is 2.23. The van der Waals surface area contributed by atoms with Gasteiger partial charge in [-0.2, -0.15) is 0 Å². The lowest BCUT2D eigenvalue weighted by Crippen LogP contribution is -2.57. The Morgan fingerprint density at radius 3 is 1.67 bits per heavy atom. The van der Waals surface area contributed by atoms with E-state index in [9.17, 15) is 39.0 Å². The topological polar surface area (TPSA) is 245 Å². The van der Waals surface area contributed by atoms with Crippen LogP contribution in [0.15, 0.2) is 54.6 Å². The first kappa shape index (κ1) is 33.2. The Kier molecular flexibility index (Phi) is 12.9. The van der Waals surface area contributed by atoms with Crippen LogP contribution >= 0.6 is 0 Å². The van der Waals surface area contributed by atoms with Crippen LogP contribution in [0.1, 0.15) is 36.8 Å². The zero-order valence-corrected chi connectivity index (χ0v) is 22.6. The standard InChI is InChI=1S/C28H34N4O10/c29-19(10-12-23(34)35)25(38)31-21(14-16-4-2-1-3-5-16)27(40)30-20(11-13-24(36)37)26(39)32-22(28(41)42)15-17-6-8-18(33)9-7-17/h1-9,19-22,33H,10-15,29H2,(H,30,40)(H,31,38)(H,32,39)(H,34,35)(H,36,37)(H,41,42). The Labute approximate surface area is 240 Å². The zero-order valence-electron chi connectivity index (χ0n) is 22.6. The molecular formula is C28H34N4O10. The van der Waals surface area contributed by atoms with Crippen LogP contribution in [0.2, 0.25) is 0 Å². The van der Waals surface area contributed by atoms with Crippen molar-refractivity contribution < 1.29 is 49.2 Å². The number of amides is 3. The number of carboxylic acid groups (broad SMARTS) is 3. The molecule has 0 saturated carbocycles. The second kappa shape index (κ2) is 16.3. The fourth-order valence-electron chi connectivity index (χ4n) is 3.90. The normalized spacial score (nSPS) is 13.5. The maximum absolute atomic E-state index is 13.3. The number of aliphatic carboxylic acids is 3. The Bertz CT molecular complexity index is 1250. The largest absolute Gasteiger partial charge is 0.508 e. The van der Waals surface area contributed by atoms with Crippen molar-refractivity contribution in [3.05, 3.63) is 65.7 Å². The number of benzene rings is 2. The summed E-state index contributed by atoms with van der Waals surface area (Å²) in [6.45, 7) is 0. The summed E-state index contributed by atoms with van der Waals surface area (Å²) < 4.78 is 0. The quantitative estimate of drug-likeness (QED) is 0.120. The smallest absolute Gasteiger partial charge is 0.326 e. The lowest BCUT2D eigenvalue weighted by molar-refractivity contribution is -0.143. The highest BCUT2D eigenvalue weighted by molar-refractivity contribution is 5.94. The molecule has 0 aromatic heterocycles. The zero-order chi connectivity index (χ0) is 31.2. The first-order valence-corrected chi connectivity index (χ1v) is 13.0. The van der Waals surface area contributed by atoms with Crippen LogP contribution in [0.4, 0.5) is 0 Å². The molecule has 0 saturated heterocycles. The highest BCUT2D eigenvalue weighted by Gasteiger charge is 2.31. The van der Waals surface area contributed by atoms with E-state index in [0.717, 1.165) is 0 Å². The number of hydrogen-bond donors (Lipinski definition) is 8. The summed E-state index contributed by atoms with van der Waals surface area (Å²) in [6.07, 6.45) is -1.71. The van der Waals surface area contributed by atoms with E-state index in [1.165, 1.54) is 24.3 Å². The van der Waals surface area contributed by atoms with Crippen molar-refractivity contribution in [1.82, 2.24) is 16.0 Å². The maximum Gasteiger partial charge on any atom is 0.326 e. The molecular weight excluding hydrogens is 552 g/mol. The molecule has 0 heterocycles. The van der Waals surface area contributed by atoms with E-state index in [1.807, 2.05) is 0 Å². The van der Waals surface area contributed by atoms with Crippen molar-refractivity contribution in [2.45, 2.75) is 62.7 Å². The van der Waals surface area contributed by atoms with Crippen molar-refractivity contribution in [2.24, 2.45) is 5.73 Å². The summed E-state index contributed by atoms with van der Waals surface area (Å²) in [6, 6.07) is 8.70. The van der Waals surface area contributed by atoms with Crippen LogP contribution < -0.4 is 21.7 Å². The summed E-state index contributed by atoms with van der Waals surface area (Å²) in [4.78, 5) is 73.1. The summed E-state index contributed by atoms with van der Waals surface area (Å²) >= 11 is 0. The molecule has 0 aliphatic rings. The number of aromatic hydroxyl groups is 1. The molecule has 4 unspecified atom stereocenters. The predicted molar refractivity (Wildman–Crippen MR) is 147 cm³/mol. The monoisotopic (exact) mass is 586 g/mol. The fraction of sp³-hybridized carbons (Fsp3) is 0.357. The Morgan fingerprint density at radius 1 is 0.619 bits per heavy atom. The number of hydrogen-bond acceptors (Lipinski definition) is 8. The number of carbonyl (C=O) groups excluding carboxylic acids is 3. The third kappa shape index (κ3) is 11.6. The van der Waals surface area contributed by atoms with Gasteiger partial charge in [-0.1, -0.05) is 42.5 Å². The highest BCUT2D eigenvalue weighted by Crippen LogP contribution is 2.12. The molecule has 14 heteroatoms. The van der Waals surface area contributed by atoms with Gasteiger partial charge >= 0.3 is 17.9 Å². The minimum atomic E-state index is -1.48. The average Bonchev–Trinajstić information content (AvgIpc) is 2.94. The van der Waals surface area contributed by atoms with E-state index in [0.29, 0.717) is 11.1 Å². The van der Waals surface area contributed by atoms with Crippen LogP contribution in [0, 0.1) is 0 Å². The molecule has 0 spiro atoms. The van der Waals surface area contributed by atoms with Crippen LogP contribution in [-0.4, -0.2) is 80.2 Å². The third-order valence-corrected chi connectivity index (χ3v) is 6.19. The molecule has 9 N–H and O–H groups in total. The molecule has 42 heavy (non-hydrogen) atoms. The summed E-state index contributed by atoms with van der Waals surface area (Å²) in [5.74, 6) is -6.48. The van der Waals surface area contributed by atoms with E-state index >= 15 is 0 Å². The number of phenols is 1. The van der Waals surface area contributed by atoms with Gasteiger partial charge in [-0.15, -0.1) is 0 Å². The summed E-state index contributed by atoms with van der Waals surface area (Å²) in [5, 5.41) is 44.3. The van der Waals surface area contributed by atoms with Crippen LogP contribution in [0.3, 0.4) is 0 Å². The van der Waals surface area contributed by atoms with Crippen molar-refractivity contribution in [1.29, 1.82) is 0 Å². The number of phenolic OH excluding ortho intramolecular Hbond substituents is 1. The molecule has 0 aliphatic carbocycles. The minimum absolute atomic E-state index is 0.0360. The second-order valence-electron chi connectivity index (χ2n) is 9.55. The van der Waals surface area contributed by atoms with Gasteiger partial charge in [0.1, 0.15) is 23.9 Å². The van der Waals surface area contributed by atoms with Crippen molar-refractivity contribution in [3.8, 4) is 5.75 Å². The van der Waals surface area contributed by atoms with Gasteiger partial charge < -0.3 is 42.1 Å². The van der Waals surface area contributed by atoms with Gasteiger partial charge in [-0.3, -0.25) is 24.0 Å². The van der Waals surface area contributed by atoms with E-state index in [4.69, 9.17) is 15.9 Å². The molecule has 3 amide bonds. The Morgan fingerprint density at radius 2 is 1.10 bits per heavy atom. The average molecular weight is 587 g/mol. The Hall–Kier alpha value is -4.98. The molecule has 226 valence electrons. The maximum atomic E-state index is 13.3. The van der Waals surface area contributed by atoms with Crippen molar-refractivity contribution in [3.63, 3.8) is 0 Å². The van der Waals surface area contributed by atoms with Gasteiger partial charge in [0, 0.05) is 25.7 Å². The second-order valence-corrected chi connectivity index (χ2v) is 9.55. The fourth-order valence-corrected chi connectivity index (χ4v) is 3.90. The summed E-state index contributed by atoms with van der Waals surface area (Å²) in [7, 11) is 0. The first-order valence-electron chi connectivity index (χ1n) is 13.0. The lowest BCUT2D eigenvalue weighted by Gasteiger charge is -2.25. The molecule has 0 aliphatic heterocycles. The van der Waals surface area contributed by atoms with E-state index < -0.39 is 66.2 Å². The van der Waals surface area contributed by atoms with Gasteiger partial charge in [0.25, 0.3) is 0 Å². The van der Waals surface area contributed by atoms with Crippen LogP contribution in [0.5, 0.6) is 5.75 Å². The number of nitrogens with two attached hydrogens (primary N) is 1. The molecule has 0 radical (unpaired) electrons. The molecule has 2 rings (SSSR count). The molecule has 2 aromatic rings. The van der Waals surface area contributed by atoms with Gasteiger partial charge in [0.05, 0.1) is 6.04 Å². The third-order valence-electron chi connectivity index (χ3n) is 6.19. The molecule has 0 bridgehead atoms. The van der Waals surface area contributed by atoms with E-state index in [2.05, 4.69) is 16.0 Å². The molecule has 4 atom stereocenters. The number of carboxylic acids is 3. The SMILES string of the molecule is NC(CCC(=O)O)C(=O)NC(Cc1ccccc1)C(=O)NC(CCC(=O)O)C(=O)NC(Cc1ccc(O)cc1)C(=O)O. The predicted octanol–water partition coefficient (Wildman–Crippen LogP) is -0.227. The molecule has 0 fully saturated rings. The summed E-state index contributed by atoms with van der Waals surface area (Å²) in [5.41, 5.74) is 6.90. The van der Waals surface area contributed by atoms with Crippen molar-refractivity contribution in [2.75, 3.05) is 0 Å². The highest BCUT2D eigenvalue weighted by atomic mass is 16.4. The molecule has 2 aromatic carbocycles. The van der Waals surface area contributed by atoms with E-state index in [1.54, 1.807) is 30.3 Å². The van der Waals surface area contributed by atoms with Gasteiger partial charge in [0.2, 0.25) is 17.7 Å². The van der Waals surface area contributed by atoms with Gasteiger partial charge in [0.15, 0.2) is 0 Å². The van der Waals surface area contributed by atoms with Crippen LogP contribution in [-0.2, 0) is 41.6 Å². The first-order chi connectivity index (χ1) is 19.8. The number of carbonyl (C=O) groups is 6. The van der Waals surface area contributed by atoms with Gasteiger partial charge in [-0.25, -0.2) is 4.79 Å². The van der Waals surface area contributed by atoms with Crippen molar-refractivity contribution >= 4 is 35.6 Å². The van der Waals surface area contributed by atoms with Gasteiger partial charge in [-0.05, 0) is 36.1 Å². The lowest BCUT2D eigenvalue weighted by atomic mass is 10.0. The van der Waals surface area contributed by atoms with Crippen LogP contribution in [0.25, 0.3) is 0 Å². The minimum Gasteiger partial charge on any atom is -0.508 e. The number of nitrogens with one attached hydrogen (secondary N) is 3. The molecule has 14 nitrogen and oxygen atoms in total.